The molecule has 10 nitrogen and oxygen atoms in total. The normalized spacial score (nSPS) is 15.0. The van der Waals surface area contributed by atoms with Crippen LogP contribution in [0.25, 0.3) is 0 Å². The van der Waals surface area contributed by atoms with Crippen molar-refractivity contribution < 1.29 is 18.9 Å². The van der Waals surface area contributed by atoms with Gasteiger partial charge in [0, 0.05) is 11.3 Å². The summed E-state index contributed by atoms with van der Waals surface area (Å²) in [5, 5.41) is 18.6. The van der Waals surface area contributed by atoms with E-state index >= 15 is 0 Å². The molecule has 1 amide bonds. The first-order valence-corrected chi connectivity index (χ1v) is 10.6. The number of carbonyl (C=O) groups is 1. The van der Waals surface area contributed by atoms with Crippen LogP contribution >= 0.6 is 0 Å². The van der Waals surface area contributed by atoms with Crippen LogP contribution < -0.4 is 10.1 Å². The number of anilines is 1. The van der Waals surface area contributed by atoms with E-state index in [4.69, 9.17) is 9.15 Å². The topological polar surface area (TPSA) is 116 Å². The Morgan fingerprint density at radius 3 is 2.76 bits per heavy atom. The van der Waals surface area contributed by atoms with Crippen LogP contribution in [-0.4, -0.2) is 32.6 Å². The lowest BCUT2D eigenvalue weighted by Crippen LogP contribution is -2.42. The van der Waals surface area contributed by atoms with E-state index in [0.717, 1.165) is 16.8 Å². The molecule has 34 heavy (non-hydrogen) atoms. The summed E-state index contributed by atoms with van der Waals surface area (Å²) in [6.45, 7) is 0.546. The molecule has 0 radical (unpaired) electrons. The predicted octanol–water partition coefficient (Wildman–Crippen LogP) is 4.21. The van der Waals surface area contributed by atoms with E-state index in [1.54, 1.807) is 30.4 Å². The van der Waals surface area contributed by atoms with Gasteiger partial charge in [-0.1, -0.05) is 18.2 Å². The van der Waals surface area contributed by atoms with E-state index in [9.17, 15) is 14.9 Å². The van der Waals surface area contributed by atoms with Crippen molar-refractivity contribution in [2.45, 2.75) is 19.3 Å². The van der Waals surface area contributed by atoms with Crippen LogP contribution in [0.2, 0.25) is 0 Å². The molecule has 0 unspecified atom stereocenters. The number of methoxy groups -OCH3 is 1. The number of amides is 1. The Balaban J connectivity index is 1.52. The number of carbonyl (C=O) groups excluding carboxylic acids is 1. The van der Waals surface area contributed by atoms with Gasteiger partial charge in [0.2, 0.25) is 0 Å². The first-order chi connectivity index (χ1) is 16.5. The van der Waals surface area contributed by atoms with E-state index in [1.165, 1.54) is 17.1 Å². The first kappa shape index (κ1) is 21.3. The Kier molecular flexibility index (Phi) is 5.46. The Hall–Kier alpha value is -4.60. The van der Waals surface area contributed by atoms with Crippen molar-refractivity contribution in [2.24, 2.45) is 0 Å². The van der Waals surface area contributed by atoms with Gasteiger partial charge >= 0.3 is 5.69 Å². The number of nitrogens with one attached hydrogen (secondary N) is 1. The molecule has 172 valence electrons. The minimum atomic E-state index is -0.487. The van der Waals surface area contributed by atoms with E-state index in [-0.39, 0.29) is 24.7 Å². The quantitative estimate of drug-likeness (QED) is 0.325. The smallest absolute Gasteiger partial charge is 0.307 e. The standard InChI is InChI=1S/C24H21N5O5/c1-33-22-9-8-16(11-17(22)13-27-14-18(12-25-27)29(31)32)23-26-21-7-3-2-6-20(21)24(30)28(23)15-19-5-4-10-34-19/h2-12,14,23,26H,13,15H2,1H3/t23-/m1/s1. The Bertz CT molecular complexity index is 1350. The Morgan fingerprint density at radius 2 is 2.03 bits per heavy atom. The van der Waals surface area contributed by atoms with Gasteiger partial charge in [0.1, 0.15) is 30.1 Å². The second-order valence-corrected chi connectivity index (χ2v) is 7.83. The SMILES string of the molecule is COc1ccc([C@@H]2Nc3ccccc3C(=O)N2Cc2ccco2)cc1Cn1cc([N+](=O)[O-])cn1. The zero-order valence-corrected chi connectivity index (χ0v) is 18.2. The van der Waals surface area contributed by atoms with Gasteiger partial charge in [-0.15, -0.1) is 0 Å². The second-order valence-electron chi connectivity index (χ2n) is 7.83. The third kappa shape index (κ3) is 3.96. The van der Waals surface area contributed by atoms with Crippen LogP contribution in [0.4, 0.5) is 11.4 Å². The van der Waals surface area contributed by atoms with Gasteiger partial charge in [-0.05, 0) is 42.0 Å². The van der Waals surface area contributed by atoms with E-state index in [2.05, 4.69) is 10.4 Å². The minimum absolute atomic E-state index is 0.0871. The van der Waals surface area contributed by atoms with Crippen molar-refractivity contribution in [3.8, 4) is 5.75 Å². The number of fused-ring (bicyclic) bond motifs is 1. The number of hydrogen-bond donors (Lipinski definition) is 1. The molecule has 1 N–H and O–H groups in total. The number of nitro groups is 1. The molecular formula is C24H21N5O5. The van der Waals surface area contributed by atoms with Crippen molar-refractivity contribution in [1.82, 2.24) is 14.7 Å². The number of aromatic nitrogens is 2. The third-order valence-corrected chi connectivity index (χ3v) is 5.71. The summed E-state index contributed by atoms with van der Waals surface area (Å²) < 4.78 is 12.5. The number of para-hydroxylation sites is 1. The Morgan fingerprint density at radius 1 is 1.18 bits per heavy atom. The molecule has 10 heteroatoms. The van der Waals surface area contributed by atoms with Crippen LogP contribution in [0, 0.1) is 10.1 Å². The lowest BCUT2D eigenvalue weighted by molar-refractivity contribution is -0.385. The zero-order chi connectivity index (χ0) is 23.7. The average Bonchev–Trinajstić information content (AvgIpc) is 3.53. The molecule has 2 aromatic carbocycles. The van der Waals surface area contributed by atoms with E-state index < -0.39 is 11.1 Å². The predicted molar refractivity (Wildman–Crippen MR) is 122 cm³/mol. The van der Waals surface area contributed by atoms with Gasteiger partial charge in [-0.2, -0.15) is 5.10 Å². The van der Waals surface area contributed by atoms with Gasteiger partial charge in [0.25, 0.3) is 5.91 Å². The lowest BCUT2D eigenvalue weighted by atomic mass is 10.0. The number of hydrogen-bond acceptors (Lipinski definition) is 7. The van der Waals surface area contributed by atoms with Crippen LogP contribution in [-0.2, 0) is 13.1 Å². The van der Waals surface area contributed by atoms with Crippen LogP contribution in [0.1, 0.15) is 33.4 Å². The minimum Gasteiger partial charge on any atom is -0.496 e. The van der Waals surface area contributed by atoms with Crippen molar-refractivity contribution >= 4 is 17.3 Å². The highest BCUT2D eigenvalue weighted by molar-refractivity contribution is 6.01. The highest BCUT2D eigenvalue weighted by Crippen LogP contribution is 2.36. The number of rotatable bonds is 7. The summed E-state index contributed by atoms with van der Waals surface area (Å²) in [5.41, 5.74) is 2.84. The molecule has 0 aliphatic carbocycles. The highest BCUT2D eigenvalue weighted by Gasteiger charge is 2.33. The van der Waals surface area contributed by atoms with Gasteiger partial charge < -0.3 is 19.4 Å². The summed E-state index contributed by atoms with van der Waals surface area (Å²) in [7, 11) is 1.56. The van der Waals surface area contributed by atoms with Crippen molar-refractivity contribution in [2.75, 3.05) is 12.4 Å². The Labute approximate surface area is 194 Å². The molecule has 5 rings (SSSR count). The molecular weight excluding hydrogens is 438 g/mol. The largest absolute Gasteiger partial charge is 0.496 e. The number of furan rings is 1. The maximum absolute atomic E-state index is 13.4. The van der Waals surface area contributed by atoms with Crippen molar-refractivity contribution in [3.63, 3.8) is 0 Å². The second kappa shape index (κ2) is 8.74. The molecule has 1 atom stereocenters. The molecule has 3 heterocycles. The third-order valence-electron chi connectivity index (χ3n) is 5.71. The summed E-state index contributed by atoms with van der Waals surface area (Å²) in [4.78, 5) is 25.7. The van der Waals surface area contributed by atoms with Crippen molar-refractivity contribution in [3.05, 3.63) is 106 Å². The summed E-state index contributed by atoms with van der Waals surface area (Å²) in [6.07, 6.45) is 3.69. The first-order valence-electron chi connectivity index (χ1n) is 10.6. The number of nitrogens with zero attached hydrogens (tertiary/aromatic N) is 4. The maximum Gasteiger partial charge on any atom is 0.307 e. The molecule has 0 fully saturated rings. The fourth-order valence-corrected chi connectivity index (χ4v) is 4.09. The summed E-state index contributed by atoms with van der Waals surface area (Å²) >= 11 is 0. The van der Waals surface area contributed by atoms with Gasteiger partial charge in [0.15, 0.2) is 0 Å². The molecule has 1 aliphatic heterocycles. The number of benzene rings is 2. The van der Waals surface area contributed by atoms with Crippen LogP contribution in [0.5, 0.6) is 5.75 Å². The van der Waals surface area contributed by atoms with Crippen molar-refractivity contribution in [1.29, 1.82) is 0 Å². The molecule has 0 saturated carbocycles. The molecule has 2 aromatic heterocycles. The lowest BCUT2D eigenvalue weighted by Gasteiger charge is -2.38. The van der Waals surface area contributed by atoms with Crippen LogP contribution in [0.15, 0.2) is 77.7 Å². The van der Waals surface area contributed by atoms with E-state index in [1.807, 2.05) is 42.5 Å². The summed E-state index contributed by atoms with van der Waals surface area (Å²) in [6, 6.07) is 16.6. The highest BCUT2D eigenvalue weighted by atomic mass is 16.6. The number of ether oxygens (including phenoxy) is 1. The monoisotopic (exact) mass is 459 g/mol. The van der Waals surface area contributed by atoms with E-state index in [0.29, 0.717) is 17.1 Å². The molecule has 0 bridgehead atoms. The van der Waals surface area contributed by atoms with Gasteiger partial charge in [-0.3, -0.25) is 19.6 Å². The molecule has 0 saturated heterocycles. The molecule has 0 spiro atoms. The summed E-state index contributed by atoms with van der Waals surface area (Å²) in [5.74, 6) is 1.16. The zero-order valence-electron chi connectivity index (χ0n) is 18.2. The fourth-order valence-electron chi connectivity index (χ4n) is 4.09. The van der Waals surface area contributed by atoms with Gasteiger partial charge in [-0.25, -0.2) is 0 Å². The van der Waals surface area contributed by atoms with Gasteiger partial charge in [0.05, 0.1) is 36.9 Å². The maximum atomic E-state index is 13.4. The average molecular weight is 459 g/mol. The fraction of sp³-hybridized carbons (Fsp3) is 0.167. The van der Waals surface area contributed by atoms with Crippen LogP contribution in [0.3, 0.4) is 0 Å². The molecule has 4 aromatic rings. The molecule has 1 aliphatic rings.